The first-order valence-corrected chi connectivity index (χ1v) is 9.64. The van der Waals surface area contributed by atoms with Crippen molar-refractivity contribution in [1.82, 2.24) is 10.2 Å². The van der Waals surface area contributed by atoms with E-state index in [0.717, 1.165) is 5.56 Å². The van der Waals surface area contributed by atoms with Crippen molar-refractivity contribution in [2.45, 2.75) is 26.3 Å². The Morgan fingerprint density at radius 1 is 1.36 bits per heavy atom. The van der Waals surface area contributed by atoms with Crippen LogP contribution in [0.2, 0.25) is 5.02 Å². The summed E-state index contributed by atoms with van der Waals surface area (Å²) in [7, 11) is -3.12. The van der Waals surface area contributed by atoms with Crippen LogP contribution in [0.25, 0.3) is 0 Å². The van der Waals surface area contributed by atoms with Gasteiger partial charge in [0.15, 0.2) is 0 Å². The minimum absolute atomic E-state index is 0.0429. The van der Waals surface area contributed by atoms with E-state index in [4.69, 9.17) is 11.6 Å². The van der Waals surface area contributed by atoms with E-state index in [1.807, 2.05) is 31.2 Å². The van der Waals surface area contributed by atoms with Crippen molar-refractivity contribution in [2.24, 2.45) is 0 Å². The van der Waals surface area contributed by atoms with Crippen molar-refractivity contribution >= 4 is 27.5 Å². The third kappa shape index (κ3) is 6.23. The van der Waals surface area contributed by atoms with E-state index in [2.05, 4.69) is 5.32 Å². The number of nitrogens with zero attached hydrogens (tertiary/aromatic N) is 1. The van der Waals surface area contributed by atoms with Crippen LogP contribution in [0.5, 0.6) is 0 Å². The first-order chi connectivity index (χ1) is 10.2. The van der Waals surface area contributed by atoms with Crippen molar-refractivity contribution in [3.63, 3.8) is 0 Å². The van der Waals surface area contributed by atoms with E-state index < -0.39 is 9.84 Å². The molecule has 1 aromatic rings. The molecule has 0 aromatic heterocycles. The van der Waals surface area contributed by atoms with Crippen molar-refractivity contribution < 1.29 is 13.2 Å². The SMILES string of the molecule is CCN(C(=O)NCCc1ccccc1Cl)[C@H](C)CS(C)(=O)=O. The molecule has 124 valence electrons. The highest BCUT2D eigenvalue weighted by Crippen LogP contribution is 2.14. The third-order valence-electron chi connectivity index (χ3n) is 3.31. The van der Waals surface area contributed by atoms with Gasteiger partial charge in [0.05, 0.1) is 5.75 Å². The van der Waals surface area contributed by atoms with E-state index in [1.165, 1.54) is 11.2 Å². The molecule has 0 aliphatic heterocycles. The van der Waals surface area contributed by atoms with Crippen molar-refractivity contribution in [2.75, 3.05) is 25.1 Å². The van der Waals surface area contributed by atoms with Crippen molar-refractivity contribution in [1.29, 1.82) is 0 Å². The predicted octanol–water partition coefficient (Wildman–Crippen LogP) is 2.35. The second-order valence-corrected chi connectivity index (χ2v) is 7.89. The first kappa shape index (κ1) is 18.8. The molecule has 5 nitrogen and oxygen atoms in total. The number of sulfone groups is 1. The molecular weight excluding hydrogens is 324 g/mol. The monoisotopic (exact) mass is 346 g/mol. The van der Waals surface area contributed by atoms with Gasteiger partial charge in [-0.05, 0) is 31.9 Å². The molecule has 1 rings (SSSR count). The second kappa shape index (κ2) is 8.39. The second-order valence-electron chi connectivity index (χ2n) is 5.30. The summed E-state index contributed by atoms with van der Waals surface area (Å²) in [6, 6.07) is 6.86. The molecular formula is C15H23ClN2O3S. The molecule has 7 heteroatoms. The number of nitrogens with one attached hydrogen (secondary N) is 1. The molecule has 1 N–H and O–H groups in total. The molecule has 0 saturated heterocycles. The minimum Gasteiger partial charge on any atom is -0.338 e. The van der Waals surface area contributed by atoms with Gasteiger partial charge in [-0.2, -0.15) is 0 Å². The molecule has 1 atom stereocenters. The first-order valence-electron chi connectivity index (χ1n) is 7.20. The largest absolute Gasteiger partial charge is 0.338 e. The van der Waals surface area contributed by atoms with Gasteiger partial charge in [-0.15, -0.1) is 0 Å². The fourth-order valence-corrected chi connectivity index (χ4v) is 3.58. The number of hydrogen-bond donors (Lipinski definition) is 1. The standard InChI is InChI=1S/C15H23ClN2O3S/c1-4-18(12(2)11-22(3,20)21)15(19)17-10-9-13-7-5-6-8-14(13)16/h5-8,12H,4,9-11H2,1-3H3,(H,17,19)/t12-/m1/s1. The molecule has 0 bridgehead atoms. The van der Waals surface area contributed by atoms with Gasteiger partial charge < -0.3 is 10.2 Å². The summed E-state index contributed by atoms with van der Waals surface area (Å²) in [5.74, 6) is -0.0429. The lowest BCUT2D eigenvalue weighted by Gasteiger charge is -2.27. The maximum atomic E-state index is 12.2. The Morgan fingerprint density at radius 3 is 2.55 bits per heavy atom. The number of urea groups is 1. The minimum atomic E-state index is -3.12. The van der Waals surface area contributed by atoms with Crippen LogP contribution in [-0.4, -0.2) is 50.5 Å². The van der Waals surface area contributed by atoms with Gasteiger partial charge in [0.1, 0.15) is 9.84 Å². The summed E-state index contributed by atoms with van der Waals surface area (Å²) >= 11 is 6.06. The van der Waals surface area contributed by atoms with Crippen LogP contribution in [0.1, 0.15) is 19.4 Å². The van der Waals surface area contributed by atoms with Crippen molar-refractivity contribution in [3.05, 3.63) is 34.9 Å². The van der Waals surface area contributed by atoms with Crippen molar-refractivity contribution in [3.8, 4) is 0 Å². The van der Waals surface area contributed by atoms with Crippen LogP contribution >= 0.6 is 11.6 Å². The lowest BCUT2D eigenvalue weighted by atomic mass is 10.1. The van der Waals surface area contributed by atoms with Gasteiger partial charge >= 0.3 is 6.03 Å². The number of hydrogen-bond acceptors (Lipinski definition) is 3. The highest BCUT2D eigenvalue weighted by Gasteiger charge is 2.21. The van der Waals surface area contributed by atoms with Gasteiger partial charge in [0.2, 0.25) is 0 Å². The molecule has 0 saturated carbocycles. The Balaban J connectivity index is 2.53. The maximum absolute atomic E-state index is 12.2. The summed E-state index contributed by atoms with van der Waals surface area (Å²) in [6.07, 6.45) is 1.80. The molecule has 1 aromatic carbocycles. The third-order valence-corrected chi connectivity index (χ3v) is 4.76. The molecule has 22 heavy (non-hydrogen) atoms. The number of halogens is 1. The fraction of sp³-hybridized carbons (Fsp3) is 0.533. The zero-order valence-corrected chi connectivity index (χ0v) is 14.7. The van der Waals surface area contributed by atoms with E-state index >= 15 is 0 Å². The van der Waals surface area contributed by atoms with E-state index in [0.29, 0.717) is 24.5 Å². The number of amides is 2. The average molecular weight is 347 g/mol. The summed E-state index contributed by atoms with van der Waals surface area (Å²) < 4.78 is 22.7. The molecule has 0 spiro atoms. The van der Waals surface area contributed by atoms with E-state index in [1.54, 1.807) is 6.92 Å². The van der Waals surface area contributed by atoms with Crippen LogP contribution in [0.3, 0.4) is 0 Å². The molecule has 0 unspecified atom stereocenters. The Morgan fingerprint density at radius 2 is 2.00 bits per heavy atom. The van der Waals surface area contributed by atoms with Gasteiger partial charge in [0.25, 0.3) is 0 Å². The van der Waals surface area contributed by atoms with Crippen LogP contribution < -0.4 is 5.32 Å². The highest BCUT2D eigenvalue weighted by atomic mass is 35.5. The van der Waals surface area contributed by atoms with E-state index in [-0.39, 0.29) is 17.8 Å². The lowest BCUT2D eigenvalue weighted by Crippen LogP contribution is -2.47. The van der Waals surface area contributed by atoms with Crippen LogP contribution in [0.4, 0.5) is 4.79 Å². The van der Waals surface area contributed by atoms with Crippen LogP contribution in [0.15, 0.2) is 24.3 Å². The van der Waals surface area contributed by atoms with Gasteiger partial charge in [-0.1, -0.05) is 29.8 Å². The van der Waals surface area contributed by atoms with Gasteiger partial charge in [0, 0.05) is 30.4 Å². The van der Waals surface area contributed by atoms with Crippen LogP contribution in [0, 0.1) is 0 Å². The fourth-order valence-electron chi connectivity index (χ4n) is 2.29. The molecule has 0 aliphatic carbocycles. The number of carbonyl (C=O) groups is 1. The topological polar surface area (TPSA) is 66.5 Å². The molecule has 0 radical (unpaired) electrons. The Kier molecular flexibility index (Phi) is 7.16. The van der Waals surface area contributed by atoms with E-state index in [9.17, 15) is 13.2 Å². The maximum Gasteiger partial charge on any atom is 0.317 e. The van der Waals surface area contributed by atoms with Gasteiger partial charge in [-0.25, -0.2) is 13.2 Å². The van der Waals surface area contributed by atoms with Gasteiger partial charge in [-0.3, -0.25) is 0 Å². The smallest absolute Gasteiger partial charge is 0.317 e. The molecule has 0 fully saturated rings. The quantitative estimate of drug-likeness (QED) is 0.824. The zero-order valence-electron chi connectivity index (χ0n) is 13.2. The predicted molar refractivity (Wildman–Crippen MR) is 90.1 cm³/mol. The number of benzene rings is 1. The Bertz CT molecular complexity index is 605. The summed E-state index contributed by atoms with van der Waals surface area (Å²) in [5, 5.41) is 3.49. The summed E-state index contributed by atoms with van der Waals surface area (Å²) in [4.78, 5) is 13.7. The summed E-state index contributed by atoms with van der Waals surface area (Å²) in [6.45, 7) is 4.46. The summed E-state index contributed by atoms with van der Waals surface area (Å²) in [5.41, 5.74) is 0.969. The Hall–Kier alpha value is -1.27. The number of rotatable bonds is 7. The Labute approximate surface area is 137 Å². The highest BCUT2D eigenvalue weighted by molar-refractivity contribution is 7.90. The molecule has 0 heterocycles. The number of carbonyl (C=O) groups excluding carboxylic acids is 1. The molecule has 2 amide bonds. The lowest BCUT2D eigenvalue weighted by molar-refractivity contribution is 0.187. The van der Waals surface area contributed by atoms with Crippen LogP contribution in [-0.2, 0) is 16.3 Å². The molecule has 0 aliphatic rings. The average Bonchev–Trinajstić information content (AvgIpc) is 2.39. The zero-order chi connectivity index (χ0) is 16.8. The normalized spacial score (nSPS) is 12.7.